The van der Waals surface area contributed by atoms with E-state index in [1.807, 2.05) is 30.8 Å². The van der Waals surface area contributed by atoms with E-state index in [4.69, 9.17) is 0 Å². The lowest BCUT2D eigenvalue weighted by Crippen LogP contribution is -2.51. The molecule has 6 nitrogen and oxygen atoms in total. The molecule has 0 aliphatic carbocycles. The molecule has 1 aromatic heterocycles. The highest BCUT2D eigenvalue weighted by molar-refractivity contribution is 8.00. The molecule has 2 rings (SSSR count). The van der Waals surface area contributed by atoms with E-state index in [-0.39, 0.29) is 10.7 Å². The molecule has 0 unspecified atom stereocenters. The van der Waals surface area contributed by atoms with E-state index in [0.717, 1.165) is 36.9 Å². The number of aliphatic imine (C=N–C) groups is 1. The summed E-state index contributed by atoms with van der Waals surface area (Å²) in [6.45, 7) is 11.8. The number of pyridine rings is 1. The van der Waals surface area contributed by atoms with E-state index in [1.54, 1.807) is 6.20 Å². The topological polar surface area (TPSA) is 69.6 Å². The van der Waals surface area contributed by atoms with Gasteiger partial charge in [-0.1, -0.05) is 6.07 Å². The molecule has 1 amide bonds. The lowest BCUT2D eigenvalue weighted by Gasteiger charge is -2.39. The Morgan fingerprint density at radius 2 is 2.24 bits per heavy atom. The molecule has 0 atom stereocenters. The lowest BCUT2D eigenvalue weighted by molar-refractivity contribution is -0.116. The minimum absolute atomic E-state index is 0.0644. The normalized spacial score (nSPS) is 17.3. The van der Waals surface area contributed by atoms with Gasteiger partial charge in [-0.3, -0.25) is 9.79 Å². The first-order chi connectivity index (χ1) is 11.9. The van der Waals surface area contributed by atoms with Crippen LogP contribution in [0.4, 0.5) is 5.82 Å². The summed E-state index contributed by atoms with van der Waals surface area (Å²) in [6.07, 6.45) is 2.09. The summed E-state index contributed by atoms with van der Waals surface area (Å²) in [5, 5.41) is 6.15. The van der Waals surface area contributed by atoms with E-state index < -0.39 is 0 Å². The van der Waals surface area contributed by atoms with Crippen LogP contribution in [0.3, 0.4) is 0 Å². The summed E-state index contributed by atoms with van der Waals surface area (Å²) in [5.74, 6) is 2.51. The number of aromatic nitrogens is 1. The first-order valence-electron chi connectivity index (χ1n) is 8.79. The summed E-state index contributed by atoms with van der Waals surface area (Å²) in [6, 6.07) is 3.74. The molecular weight excluding hydrogens is 334 g/mol. The molecular formula is C18H29N5OS. The molecule has 7 heteroatoms. The highest BCUT2D eigenvalue weighted by Gasteiger charge is 2.28. The number of nitrogens with one attached hydrogen (secondary N) is 2. The second kappa shape index (κ2) is 9.08. The number of amides is 1. The van der Waals surface area contributed by atoms with Gasteiger partial charge >= 0.3 is 0 Å². The standard InChI is InChI=1S/C18H29N5OS/c1-5-19-17(23-10-11-25-18(3,4)13-23)20-9-8-16(24)22-15-7-6-14(2)12-21-15/h6-7,12H,5,8-11,13H2,1-4H3,(H,19,20)(H,21,22,24). The molecule has 2 heterocycles. The van der Waals surface area contributed by atoms with Crippen molar-refractivity contribution in [1.82, 2.24) is 15.2 Å². The summed E-state index contributed by atoms with van der Waals surface area (Å²) < 4.78 is 0.225. The predicted molar refractivity (Wildman–Crippen MR) is 106 cm³/mol. The zero-order valence-corrected chi connectivity index (χ0v) is 16.4. The van der Waals surface area contributed by atoms with Crippen LogP contribution in [-0.2, 0) is 4.79 Å². The highest BCUT2D eigenvalue weighted by atomic mass is 32.2. The third-order valence-electron chi connectivity index (χ3n) is 3.84. The number of nitrogens with zero attached hydrogens (tertiary/aromatic N) is 3. The minimum atomic E-state index is -0.0644. The summed E-state index contributed by atoms with van der Waals surface area (Å²) in [5.41, 5.74) is 1.07. The van der Waals surface area contributed by atoms with Gasteiger partial charge in [0.15, 0.2) is 5.96 Å². The smallest absolute Gasteiger partial charge is 0.227 e. The van der Waals surface area contributed by atoms with Crippen LogP contribution < -0.4 is 10.6 Å². The van der Waals surface area contributed by atoms with Crippen LogP contribution in [0.15, 0.2) is 23.3 Å². The van der Waals surface area contributed by atoms with Crippen molar-refractivity contribution in [2.75, 3.05) is 37.2 Å². The summed E-state index contributed by atoms with van der Waals surface area (Å²) >= 11 is 2.00. The SMILES string of the molecule is CCNC(=NCCC(=O)Nc1ccc(C)cn1)N1CCSC(C)(C)C1. The summed E-state index contributed by atoms with van der Waals surface area (Å²) in [7, 11) is 0. The average Bonchev–Trinajstić information content (AvgIpc) is 2.55. The van der Waals surface area contributed by atoms with Gasteiger partial charge in [-0.2, -0.15) is 11.8 Å². The Morgan fingerprint density at radius 3 is 2.88 bits per heavy atom. The van der Waals surface area contributed by atoms with Gasteiger partial charge in [-0.25, -0.2) is 4.98 Å². The molecule has 0 radical (unpaired) electrons. The Balaban J connectivity index is 1.88. The predicted octanol–water partition coefficient (Wildman–Crippen LogP) is 2.51. The third kappa shape index (κ3) is 6.57. The lowest BCUT2D eigenvalue weighted by atomic mass is 10.2. The highest BCUT2D eigenvalue weighted by Crippen LogP contribution is 2.29. The summed E-state index contributed by atoms with van der Waals surface area (Å²) in [4.78, 5) is 23.2. The van der Waals surface area contributed by atoms with Crippen molar-refractivity contribution in [3.05, 3.63) is 23.9 Å². The van der Waals surface area contributed by atoms with E-state index in [1.165, 1.54) is 0 Å². The molecule has 0 bridgehead atoms. The van der Waals surface area contributed by atoms with Crippen molar-refractivity contribution >= 4 is 29.4 Å². The molecule has 0 spiro atoms. The quantitative estimate of drug-likeness (QED) is 0.621. The van der Waals surface area contributed by atoms with Crippen molar-refractivity contribution in [3.8, 4) is 0 Å². The van der Waals surface area contributed by atoms with Crippen molar-refractivity contribution in [3.63, 3.8) is 0 Å². The number of guanidine groups is 1. The zero-order chi connectivity index (χ0) is 18.3. The number of hydrogen-bond acceptors (Lipinski definition) is 4. The van der Waals surface area contributed by atoms with Crippen LogP contribution in [-0.4, -0.2) is 58.4 Å². The van der Waals surface area contributed by atoms with Crippen LogP contribution in [0.2, 0.25) is 0 Å². The van der Waals surface area contributed by atoms with Gasteiger partial charge in [-0.05, 0) is 39.3 Å². The number of anilines is 1. The Hall–Kier alpha value is -1.76. The van der Waals surface area contributed by atoms with Crippen molar-refractivity contribution in [1.29, 1.82) is 0 Å². The molecule has 1 fully saturated rings. The van der Waals surface area contributed by atoms with Gasteiger partial charge < -0.3 is 15.5 Å². The molecule has 1 aliphatic heterocycles. The average molecular weight is 364 g/mol. The van der Waals surface area contributed by atoms with E-state index in [9.17, 15) is 4.79 Å². The van der Waals surface area contributed by atoms with E-state index >= 15 is 0 Å². The van der Waals surface area contributed by atoms with Gasteiger partial charge in [0.2, 0.25) is 5.91 Å². The van der Waals surface area contributed by atoms with Crippen LogP contribution in [0.1, 0.15) is 32.8 Å². The molecule has 0 saturated carbocycles. The molecule has 25 heavy (non-hydrogen) atoms. The maximum absolute atomic E-state index is 12.1. The van der Waals surface area contributed by atoms with Crippen LogP contribution >= 0.6 is 11.8 Å². The second-order valence-electron chi connectivity index (χ2n) is 6.78. The van der Waals surface area contributed by atoms with Crippen LogP contribution in [0.25, 0.3) is 0 Å². The number of aryl methyl sites for hydroxylation is 1. The van der Waals surface area contributed by atoms with Crippen molar-refractivity contribution in [2.24, 2.45) is 4.99 Å². The first kappa shape index (κ1) is 19.6. The molecule has 1 saturated heterocycles. The Bertz CT molecular complexity index is 600. The number of carbonyl (C=O) groups is 1. The Kier molecular flexibility index (Phi) is 7.11. The van der Waals surface area contributed by atoms with Gasteiger partial charge in [0.05, 0.1) is 6.54 Å². The number of thioether (sulfide) groups is 1. The van der Waals surface area contributed by atoms with Crippen molar-refractivity contribution < 1.29 is 4.79 Å². The van der Waals surface area contributed by atoms with Crippen LogP contribution in [0.5, 0.6) is 0 Å². The fourth-order valence-corrected chi connectivity index (χ4v) is 3.74. The maximum Gasteiger partial charge on any atom is 0.227 e. The fraction of sp³-hybridized carbons (Fsp3) is 0.611. The number of hydrogen-bond donors (Lipinski definition) is 2. The number of carbonyl (C=O) groups excluding carboxylic acids is 1. The van der Waals surface area contributed by atoms with Gasteiger partial charge in [0.1, 0.15) is 5.82 Å². The molecule has 138 valence electrons. The maximum atomic E-state index is 12.1. The van der Waals surface area contributed by atoms with Gasteiger partial charge in [0.25, 0.3) is 0 Å². The van der Waals surface area contributed by atoms with Crippen LogP contribution in [0, 0.1) is 6.92 Å². The van der Waals surface area contributed by atoms with E-state index in [2.05, 4.69) is 46.3 Å². The first-order valence-corrected chi connectivity index (χ1v) is 9.78. The second-order valence-corrected chi connectivity index (χ2v) is 8.59. The number of rotatable bonds is 5. The minimum Gasteiger partial charge on any atom is -0.357 e. The van der Waals surface area contributed by atoms with Crippen molar-refractivity contribution in [2.45, 2.75) is 38.9 Å². The Labute approximate surface area is 154 Å². The molecule has 2 N–H and O–H groups in total. The van der Waals surface area contributed by atoms with E-state index in [0.29, 0.717) is 18.8 Å². The van der Waals surface area contributed by atoms with Gasteiger partial charge in [0, 0.05) is 42.8 Å². The largest absolute Gasteiger partial charge is 0.357 e. The molecule has 0 aromatic carbocycles. The molecule has 1 aliphatic rings. The molecule has 1 aromatic rings. The third-order valence-corrected chi connectivity index (χ3v) is 5.14. The monoisotopic (exact) mass is 363 g/mol. The fourth-order valence-electron chi connectivity index (χ4n) is 2.63. The van der Waals surface area contributed by atoms with Gasteiger partial charge in [-0.15, -0.1) is 0 Å². The zero-order valence-electron chi connectivity index (χ0n) is 15.6. The Morgan fingerprint density at radius 1 is 1.44 bits per heavy atom.